The van der Waals surface area contributed by atoms with E-state index in [1.54, 1.807) is 6.08 Å². The normalized spacial score (nSPS) is 24.4. The van der Waals surface area contributed by atoms with Crippen LogP contribution >= 0.6 is 0 Å². The van der Waals surface area contributed by atoms with E-state index in [2.05, 4.69) is 0 Å². The van der Waals surface area contributed by atoms with E-state index in [1.165, 1.54) is 7.11 Å². The van der Waals surface area contributed by atoms with E-state index in [0.717, 1.165) is 0 Å². The lowest BCUT2D eigenvalue weighted by Gasteiger charge is -2.10. The predicted octanol–water partition coefficient (Wildman–Crippen LogP) is 1.29. The van der Waals surface area contributed by atoms with Crippen LogP contribution in [0.4, 0.5) is 0 Å². The van der Waals surface area contributed by atoms with Gasteiger partial charge in [-0.15, -0.1) is 0 Å². The molecule has 1 atom stereocenters. The Morgan fingerprint density at radius 1 is 1.60 bits per heavy atom. The van der Waals surface area contributed by atoms with Crippen molar-refractivity contribution >= 4 is 5.78 Å². The number of ether oxygens (including phenoxy) is 1. The number of carbonyl (C=O) groups is 1. The first kappa shape index (κ1) is 7.06. The molecule has 0 N–H and O–H groups in total. The maximum Gasteiger partial charge on any atom is 0.203 e. The molecule has 0 aromatic carbocycles. The molecule has 0 heterocycles. The highest BCUT2D eigenvalue weighted by molar-refractivity contribution is 5.97. The van der Waals surface area contributed by atoms with Crippen LogP contribution in [0.15, 0.2) is 24.0 Å². The first-order valence-electron chi connectivity index (χ1n) is 3.22. The molecule has 0 spiro atoms. The third-order valence-electron chi connectivity index (χ3n) is 1.52. The average Bonchev–Trinajstić information content (AvgIpc) is 1.95. The van der Waals surface area contributed by atoms with E-state index in [9.17, 15) is 4.79 Å². The number of Topliss-reactive ketones (excluding diaryl/α,β-unsaturated/α-hetero) is 1. The number of hydrogen-bond donors (Lipinski definition) is 0. The molecule has 1 aliphatic rings. The molecule has 54 valence electrons. The molecule has 0 aliphatic heterocycles. The van der Waals surface area contributed by atoms with Gasteiger partial charge in [0.2, 0.25) is 5.78 Å². The second-order valence-corrected chi connectivity index (χ2v) is 2.27. The molecule has 0 saturated carbocycles. The summed E-state index contributed by atoms with van der Waals surface area (Å²) >= 11 is 0. The summed E-state index contributed by atoms with van der Waals surface area (Å²) < 4.78 is 4.83. The molecular weight excluding hydrogens is 128 g/mol. The molecule has 1 rings (SSSR count). The van der Waals surface area contributed by atoms with Crippen LogP contribution in [0.1, 0.15) is 6.92 Å². The van der Waals surface area contributed by atoms with Crippen molar-refractivity contribution in [3.8, 4) is 0 Å². The maximum atomic E-state index is 11.1. The first-order chi connectivity index (χ1) is 4.75. The van der Waals surface area contributed by atoms with Gasteiger partial charge in [-0.1, -0.05) is 19.1 Å². The van der Waals surface area contributed by atoms with E-state index in [0.29, 0.717) is 5.76 Å². The second kappa shape index (κ2) is 2.69. The second-order valence-electron chi connectivity index (χ2n) is 2.27. The van der Waals surface area contributed by atoms with Crippen molar-refractivity contribution < 1.29 is 9.53 Å². The van der Waals surface area contributed by atoms with Gasteiger partial charge in [0.05, 0.1) is 7.11 Å². The lowest BCUT2D eigenvalue weighted by molar-refractivity contribution is -0.120. The number of hydrogen-bond acceptors (Lipinski definition) is 2. The molecular formula is C8H10O2. The summed E-state index contributed by atoms with van der Waals surface area (Å²) in [6.07, 6.45) is 5.37. The molecule has 1 aliphatic carbocycles. The van der Waals surface area contributed by atoms with Crippen LogP contribution in [0.3, 0.4) is 0 Å². The smallest absolute Gasteiger partial charge is 0.203 e. The SMILES string of the molecule is COC1=CC=C[C@H](C)C1=O. The Morgan fingerprint density at radius 3 is 2.80 bits per heavy atom. The molecule has 0 aromatic heterocycles. The fraction of sp³-hybridized carbons (Fsp3) is 0.375. The van der Waals surface area contributed by atoms with Gasteiger partial charge in [-0.05, 0) is 6.08 Å². The summed E-state index contributed by atoms with van der Waals surface area (Å²) in [5.41, 5.74) is 0. The van der Waals surface area contributed by atoms with Gasteiger partial charge in [-0.3, -0.25) is 4.79 Å². The van der Waals surface area contributed by atoms with Crippen molar-refractivity contribution in [3.63, 3.8) is 0 Å². The Kier molecular flexibility index (Phi) is 1.90. The van der Waals surface area contributed by atoms with Crippen LogP contribution in [-0.2, 0) is 9.53 Å². The molecule has 0 fully saturated rings. The summed E-state index contributed by atoms with van der Waals surface area (Å²) in [6, 6.07) is 0. The highest BCUT2D eigenvalue weighted by Crippen LogP contribution is 2.13. The Morgan fingerprint density at radius 2 is 2.30 bits per heavy atom. The number of ketones is 1. The number of carbonyl (C=O) groups excluding carboxylic acids is 1. The Bertz CT molecular complexity index is 201. The molecule has 0 radical (unpaired) electrons. The molecule has 0 amide bonds. The van der Waals surface area contributed by atoms with Crippen molar-refractivity contribution in [3.05, 3.63) is 24.0 Å². The van der Waals surface area contributed by atoms with Gasteiger partial charge in [-0.2, -0.15) is 0 Å². The van der Waals surface area contributed by atoms with Gasteiger partial charge in [0.25, 0.3) is 0 Å². The standard InChI is InChI=1S/C8H10O2/c1-6-4-3-5-7(10-2)8(6)9/h3-6H,1-2H3/t6-/m0/s1. The van der Waals surface area contributed by atoms with Crippen molar-refractivity contribution in [2.75, 3.05) is 7.11 Å². The summed E-state index contributed by atoms with van der Waals surface area (Å²) in [4.78, 5) is 11.1. The monoisotopic (exact) mass is 138 g/mol. The third-order valence-corrected chi connectivity index (χ3v) is 1.52. The quantitative estimate of drug-likeness (QED) is 0.545. The van der Waals surface area contributed by atoms with E-state index in [4.69, 9.17) is 4.74 Å². The van der Waals surface area contributed by atoms with E-state index in [1.807, 2.05) is 19.1 Å². The minimum atomic E-state index is -0.0278. The Balaban J connectivity index is 2.82. The van der Waals surface area contributed by atoms with Crippen LogP contribution < -0.4 is 0 Å². The fourth-order valence-electron chi connectivity index (χ4n) is 0.872. The van der Waals surface area contributed by atoms with Gasteiger partial charge in [0, 0.05) is 5.92 Å². The molecule has 0 bridgehead atoms. The van der Waals surface area contributed by atoms with Gasteiger partial charge in [0.1, 0.15) is 0 Å². The molecule has 10 heavy (non-hydrogen) atoms. The highest BCUT2D eigenvalue weighted by atomic mass is 16.5. The molecule has 0 saturated heterocycles. The third kappa shape index (κ3) is 1.10. The van der Waals surface area contributed by atoms with E-state index in [-0.39, 0.29) is 11.7 Å². The van der Waals surface area contributed by atoms with Crippen LogP contribution in [0.25, 0.3) is 0 Å². The van der Waals surface area contributed by atoms with E-state index >= 15 is 0 Å². The largest absolute Gasteiger partial charge is 0.493 e. The van der Waals surface area contributed by atoms with Crippen molar-refractivity contribution in [2.24, 2.45) is 5.92 Å². The topological polar surface area (TPSA) is 26.3 Å². The van der Waals surface area contributed by atoms with Gasteiger partial charge in [-0.25, -0.2) is 0 Å². The van der Waals surface area contributed by atoms with Gasteiger partial charge in [0.15, 0.2) is 5.76 Å². The number of allylic oxidation sites excluding steroid dienone is 4. The zero-order chi connectivity index (χ0) is 7.56. The van der Waals surface area contributed by atoms with E-state index < -0.39 is 0 Å². The Labute approximate surface area is 60.2 Å². The van der Waals surface area contributed by atoms with Crippen molar-refractivity contribution in [1.29, 1.82) is 0 Å². The summed E-state index contributed by atoms with van der Waals surface area (Å²) in [5, 5.41) is 0. The van der Waals surface area contributed by atoms with Crippen LogP contribution in [0.5, 0.6) is 0 Å². The fourth-order valence-corrected chi connectivity index (χ4v) is 0.872. The maximum absolute atomic E-state index is 11.1. The molecule has 2 heteroatoms. The zero-order valence-electron chi connectivity index (χ0n) is 6.13. The molecule has 0 aromatic rings. The lowest BCUT2D eigenvalue weighted by Crippen LogP contribution is -2.14. The van der Waals surface area contributed by atoms with Crippen molar-refractivity contribution in [1.82, 2.24) is 0 Å². The Hall–Kier alpha value is -1.05. The van der Waals surface area contributed by atoms with Crippen LogP contribution in [0.2, 0.25) is 0 Å². The van der Waals surface area contributed by atoms with Crippen molar-refractivity contribution in [2.45, 2.75) is 6.92 Å². The predicted molar refractivity (Wildman–Crippen MR) is 38.4 cm³/mol. The van der Waals surface area contributed by atoms with Gasteiger partial charge < -0.3 is 4.74 Å². The number of methoxy groups -OCH3 is 1. The average molecular weight is 138 g/mol. The first-order valence-corrected chi connectivity index (χ1v) is 3.22. The minimum absolute atomic E-state index is 0.0278. The summed E-state index contributed by atoms with van der Waals surface area (Å²) in [5.74, 6) is 0.486. The highest BCUT2D eigenvalue weighted by Gasteiger charge is 2.17. The van der Waals surface area contributed by atoms with Gasteiger partial charge >= 0.3 is 0 Å². The minimum Gasteiger partial charge on any atom is -0.493 e. The van der Waals surface area contributed by atoms with Crippen LogP contribution in [-0.4, -0.2) is 12.9 Å². The van der Waals surface area contributed by atoms with Crippen LogP contribution in [0, 0.1) is 5.92 Å². The molecule has 0 unspecified atom stereocenters. The summed E-state index contributed by atoms with van der Waals surface area (Å²) in [7, 11) is 1.51. The number of rotatable bonds is 1. The summed E-state index contributed by atoms with van der Waals surface area (Å²) in [6.45, 7) is 1.85. The lowest BCUT2D eigenvalue weighted by atomic mass is 10.0. The molecule has 2 nitrogen and oxygen atoms in total. The zero-order valence-corrected chi connectivity index (χ0v) is 6.13.